The number of halogens is 1. The molecule has 0 aliphatic rings. The Labute approximate surface area is 112 Å². The van der Waals surface area contributed by atoms with E-state index in [0.717, 1.165) is 5.69 Å². The third kappa shape index (κ3) is 2.34. The first-order valence-corrected chi connectivity index (χ1v) is 6.06. The van der Waals surface area contributed by atoms with Gasteiger partial charge in [-0.25, -0.2) is 9.67 Å². The van der Waals surface area contributed by atoms with E-state index in [1.54, 1.807) is 30.1 Å². The van der Waals surface area contributed by atoms with Crippen molar-refractivity contribution in [3.63, 3.8) is 0 Å². The van der Waals surface area contributed by atoms with Crippen molar-refractivity contribution in [3.8, 4) is 11.7 Å². The van der Waals surface area contributed by atoms with Gasteiger partial charge >= 0.3 is 0 Å². The molecule has 0 fully saturated rings. The van der Waals surface area contributed by atoms with Gasteiger partial charge in [-0.05, 0) is 12.1 Å². The lowest BCUT2D eigenvalue weighted by Crippen LogP contribution is -2.18. The Kier molecular flexibility index (Phi) is 3.30. The smallest absolute Gasteiger partial charge is 0.233 e. The van der Waals surface area contributed by atoms with Crippen LogP contribution in [0.2, 0.25) is 5.02 Å². The zero-order valence-corrected chi connectivity index (χ0v) is 11.7. The molecule has 0 aliphatic carbocycles. The predicted molar refractivity (Wildman–Crippen MR) is 71.6 cm³/mol. The second-order valence-electron chi connectivity index (χ2n) is 5.04. The molecule has 0 spiro atoms. The van der Waals surface area contributed by atoms with E-state index in [-0.39, 0.29) is 5.41 Å². The largest absolute Gasteiger partial charge is 0.480 e. The van der Waals surface area contributed by atoms with Crippen LogP contribution in [0.25, 0.3) is 5.82 Å². The fourth-order valence-electron chi connectivity index (χ4n) is 1.69. The summed E-state index contributed by atoms with van der Waals surface area (Å²) >= 11 is 6.17. The van der Waals surface area contributed by atoms with Crippen LogP contribution in [0.15, 0.2) is 24.4 Å². The minimum absolute atomic E-state index is 0.0787. The van der Waals surface area contributed by atoms with Gasteiger partial charge in [-0.1, -0.05) is 32.4 Å². The van der Waals surface area contributed by atoms with E-state index >= 15 is 0 Å². The van der Waals surface area contributed by atoms with E-state index in [0.29, 0.717) is 16.7 Å². The summed E-state index contributed by atoms with van der Waals surface area (Å²) in [6.07, 6.45) is 1.70. The van der Waals surface area contributed by atoms with Crippen LogP contribution >= 0.6 is 11.6 Å². The maximum Gasteiger partial charge on any atom is 0.233 e. The molecule has 2 rings (SSSR count). The molecule has 5 heteroatoms. The quantitative estimate of drug-likeness (QED) is 0.837. The number of hydrogen-bond donors (Lipinski definition) is 0. The summed E-state index contributed by atoms with van der Waals surface area (Å²) in [6, 6.07) is 5.50. The van der Waals surface area contributed by atoms with Crippen LogP contribution in [0.5, 0.6) is 5.88 Å². The van der Waals surface area contributed by atoms with Crippen molar-refractivity contribution in [1.82, 2.24) is 14.8 Å². The highest BCUT2D eigenvalue weighted by molar-refractivity contribution is 6.32. The molecule has 2 aromatic rings. The van der Waals surface area contributed by atoms with Gasteiger partial charge in [0, 0.05) is 17.7 Å². The highest BCUT2D eigenvalue weighted by Gasteiger charge is 2.23. The molecule has 0 saturated heterocycles. The van der Waals surface area contributed by atoms with Gasteiger partial charge in [0.2, 0.25) is 5.88 Å². The lowest BCUT2D eigenvalue weighted by molar-refractivity contribution is 0.394. The molecule has 2 heterocycles. The molecule has 0 atom stereocenters. The number of methoxy groups -OCH3 is 1. The third-order valence-corrected chi connectivity index (χ3v) is 2.90. The lowest BCUT2D eigenvalue weighted by Gasteiger charge is -2.19. The molecular formula is C13H16ClN3O. The van der Waals surface area contributed by atoms with Crippen LogP contribution < -0.4 is 4.74 Å². The first kappa shape index (κ1) is 12.9. The molecule has 0 aromatic carbocycles. The molecule has 0 amide bonds. The van der Waals surface area contributed by atoms with Crippen molar-refractivity contribution < 1.29 is 4.74 Å². The highest BCUT2D eigenvalue weighted by Crippen LogP contribution is 2.29. The van der Waals surface area contributed by atoms with Crippen LogP contribution in [0.1, 0.15) is 26.5 Å². The van der Waals surface area contributed by atoms with E-state index in [1.807, 2.05) is 6.07 Å². The second-order valence-corrected chi connectivity index (χ2v) is 5.45. The van der Waals surface area contributed by atoms with Crippen molar-refractivity contribution in [2.75, 3.05) is 7.11 Å². The number of pyridine rings is 1. The molecular weight excluding hydrogens is 250 g/mol. The van der Waals surface area contributed by atoms with Gasteiger partial charge < -0.3 is 4.74 Å². The molecule has 18 heavy (non-hydrogen) atoms. The van der Waals surface area contributed by atoms with Crippen LogP contribution in [-0.4, -0.2) is 21.9 Å². The summed E-state index contributed by atoms with van der Waals surface area (Å²) in [5.41, 5.74) is 0.921. The maximum atomic E-state index is 6.17. The summed E-state index contributed by atoms with van der Waals surface area (Å²) in [4.78, 5) is 4.28. The van der Waals surface area contributed by atoms with Crippen LogP contribution in [0, 0.1) is 0 Å². The van der Waals surface area contributed by atoms with Crippen molar-refractivity contribution >= 4 is 11.6 Å². The molecule has 0 N–H and O–H groups in total. The topological polar surface area (TPSA) is 39.9 Å². The van der Waals surface area contributed by atoms with E-state index in [4.69, 9.17) is 16.3 Å². The Morgan fingerprint density at radius 3 is 2.61 bits per heavy atom. The summed E-state index contributed by atoms with van der Waals surface area (Å²) in [5, 5.41) is 4.94. The predicted octanol–water partition coefficient (Wildman–Crippen LogP) is 3.23. The minimum atomic E-state index is -0.0787. The van der Waals surface area contributed by atoms with Crippen molar-refractivity contribution in [2.24, 2.45) is 0 Å². The molecule has 2 aromatic heterocycles. The molecule has 0 bridgehead atoms. The summed E-state index contributed by atoms with van der Waals surface area (Å²) in [7, 11) is 1.60. The van der Waals surface area contributed by atoms with Gasteiger partial charge in [0.25, 0.3) is 0 Å². The molecule has 4 nitrogen and oxygen atoms in total. The van der Waals surface area contributed by atoms with Gasteiger partial charge in [0.1, 0.15) is 0 Å². The van der Waals surface area contributed by atoms with E-state index in [9.17, 15) is 0 Å². The number of aromatic nitrogens is 3. The van der Waals surface area contributed by atoms with Gasteiger partial charge in [0.05, 0.1) is 17.8 Å². The molecule has 0 saturated carbocycles. The van der Waals surface area contributed by atoms with E-state index in [2.05, 4.69) is 30.9 Å². The Bertz CT molecular complexity index is 558. The zero-order chi connectivity index (χ0) is 13.3. The standard InChI is InChI=1S/C13H16ClN3O/c1-13(2,3)10-8-11(18-4)16-17(10)12-9(14)6-5-7-15-12/h5-8H,1-4H3. The number of hydrogen-bond acceptors (Lipinski definition) is 3. The zero-order valence-electron chi connectivity index (χ0n) is 10.9. The van der Waals surface area contributed by atoms with Gasteiger partial charge in [-0.15, -0.1) is 5.10 Å². The number of rotatable bonds is 2. The monoisotopic (exact) mass is 265 g/mol. The Hall–Kier alpha value is -1.55. The average Bonchev–Trinajstić information content (AvgIpc) is 2.73. The highest BCUT2D eigenvalue weighted by atomic mass is 35.5. The van der Waals surface area contributed by atoms with E-state index < -0.39 is 0 Å². The summed E-state index contributed by atoms with van der Waals surface area (Å²) in [6.45, 7) is 6.32. The summed E-state index contributed by atoms with van der Waals surface area (Å²) in [5.74, 6) is 1.18. The Balaban J connectivity index is 2.64. The maximum absolute atomic E-state index is 6.17. The van der Waals surface area contributed by atoms with Crippen LogP contribution in [0.3, 0.4) is 0 Å². The third-order valence-electron chi connectivity index (χ3n) is 2.60. The molecule has 0 aliphatic heterocycles. The van der Waals surface area contributed by atoms with Crippen molar-refractivity contribution in [1.29, 1.82) is 0 Å². The fraction of sp³-hybridized carbons (Fsp3) is 0.385. The normalized spacial score (nSPS) is 11.6. The SMILES string of the molecule is COc1cc(C(C)(C)C)n(-c2ncccc2Cl)n1. The minimum Gasteiger partial charge on any atom is -0.480 e. The summed E-state index contributed by atoms with van der Waals surface area (Å²) < 4.78 is 6.93. The van der Waals surface area contributed by atoms with Gasteiger partial charge in [-0.2, -0.15) is 0 Å². The first-order valence-electron chi connectivity index (χ1n) is 5.69. The van der Waals surface area contributed by atoms with E-state index in [1.165, 1.54) is 0 Å². The van der Waals surface area contributed by atoms with Crippen molar-refractivity contribution in [3.05, 3.63) is 35.1 Å². The average molecular weight is 266 g/mol. The second kappa shape index (κ2) is 4.61. The first-order chi connectivity index (χ1) is 8.43. The number of ether oxygens (including phenoxy) is 1. The van der Waals surface area contributed by atoms with Gasteiger partial charge in [-0.3, -0.25) is 0 Å². The molecule has 0 unspecified atom stereocenters. The number of nitrogens with zero attached hydrogens (tertiary/aromatic N) is 3. The molecule has 96 valence electrons. The lowest BCUT2D eigenvalue weighted by atomic mass is 9.92. The Morgan fingerprint density at radius 2 is 2.06 bits per heavy atom. The van der Waals surface area contributed by atoms with Crippen LogP contribution in [-0.2, 0) is 5.41 Å². The Morgan fingerprint density at radius 1 is 1.33 bits per heavy atom. The molecule has 0 radical (unpaired) electrons. The fourth-order valence-corrected chi connectivity index (χ4v) is 1.89. The van der Waals surface area contributed by atoms with Crippen molar-refractivity contribution in [2.45, 2.75) is 26.2 Å². The van der Waals surface area contributed by atoms with Crippen LogP contribution in [0.4, 0.5) is 0 Å². The van der Waals surface area contributed by atoms with Gasteiger partial charge in [0.15, 0.2) is 5.82 Å².